The third-order valence-corrected chi connectivity index (χ3v) is 4.31. The molecule has 4 rings (SSSR count). The van der Waals surface area contributed by atoms with Crippen LogP contribution in [0.1, 0.15) is 6.92 Å². The number of nitrogens with zero attached hydrogens (tertiary/aromatic N) is 5. The molecule has 134 valence electrons. The first-order chi connectivity index (χ1) is 12.7. The molecule has 0 radical (unpaired) electrons. The lowest BCUT2D eigenvalue weighted by Crippen LogP contribution is -2.49. The number of piperazine rings is 1. The number of carbonyl (C=O) groups excluding carboxylic acids is 1. The maximum atomic E-state index is 11.8. The topological polar surface area (TPSA) is 84.6 Å². The summed E-state index contributed by atoms with van der Waals surface area (Å²) in [6.45, 7) is 4.57. The molecule has 0 saturated carbocycles. The van der Waals surface area contributed by atoms with Gasteiger partial charge in [-0.05, 0) is 19.1 Å². The monoisotopic (exact) mass is 353 g/mol. The van der Waals surface area contributed by atoms with Crippen LogP contribution < -0.4 is 4.90 Å². The Kier molecular flexibility index (Phi) is 4.39. The van der Waals surface area contributed by atoms with Crippen molar-refractivity contribution in [3.63, 3.8) is 0 Å². The fourth-order valence-electron chi connectivity index (χ4n) is 2.96. The van der Waals surface area contributed by atoms with Crippen molar-refractivity contribution in [3.8, 4) is 11.5 Å². The van der Waals surface area contributed by atoms with Gasteiger partial charge in [-0.2, -0.15) is 5.10 Å². The Morgan fingerprint density at radius 1 is 1.23 bits per heavy atom. The zero-order valence-electron chi connectivity index (χ0n) is 14.5. The number of fused-ring (bicyclic) bond motifs is 1. The van der Waals surface area contributed by atoms with Gasteiger partial charge in [-0.15, -0.1) is 5.10 Å². The maximum absolute atomic E-state index is 11.8. The molecule has 3 aromatic rings. The third kappa shape index (κ3) is 3.17. The predicted octanol–water partition coefficient (Wildman–Crippen LogP) is 2.56. The summed E-state index contributed by atoms with van der Waals surface area (Å²) in [4.78, 5) is 20.1. The minimum absolute atomic E-state index is 0.276. The fourth-order valence-corrected chi connectivity index (χ4v) is 2.96. The molecule has 0 spiro atoms. The first-order valence-electron chi connectivity index (χ1n) is 8.60. The Morgan fingerprint density at radius 2 is 2.04 bits per heavy atom. The average molecular weight is 353 g/mol. The summed E-state index contributed by atoms with van der Waals surface area (Å²) >= 11 is 0. The molecule has 0 aliphatic carbocycles. The summed E-state index contributed by atoms with van der Waals surface area (Å²) in [6, 6.07) is 9.76. The lowest BCUT2D eigenvalue weighted by molar-refractivity contribution is 0.105. The Morgan fingerprint density at radius 3 is 2.81 bits per heavy atom. The molecule has 3 heterocycles. The molecular weight excluding hydrogens is 334 g/mol. The van der Waals surface area contributed by atoms with E-state index >= 15 is 0 Å². The summed E-state index contributed by atoms with van der Waals surface area (Å²) in [5, 5.41) is 9.23. The van der Waals surface area contributed by atoms with E-state index in [4.69, 9.17) is 9.15 Å². The number of furan rings is 1. The van der Waals surface area contributed by atoms with E-state index in [0.717, 1.165) is 11.0 Å². The molecule has 8 heteroatoms. The molecule has 1 amide bonds. The second-order valence-corrected chi connectivity index (χ2v) is 5.96. The Bertz CT molecular complexity index is 885. The van der Waals surface area contributed by atoms with Crippen molar-refractivity contribution < 1.29 is 13.9 Å². The van der Waals surface area contributed by atoms with Crippen molar-refractivity contribution in [1.29, 1.82) is 0 Å². The number of hydrogen-bond acceptors (Lipinski definition) is 7. The van der Waals surface area contributed by atoms with Crippen molar-refractivity contribution in [1.82, 2.24) is 20.1 Å². The number of amides is 1. The number of carbonyl (C=O) groups is 1. The molecule has 1 saturated heterocycles. The van der Waals surface area contributed by atoms with Crippen LogP contribution in [0.4, 0.5) is 10.7 Å². The highest BCUT2D eigenvalue weighted by molar-refractivity contribution is 5.82. The molecule has 0 N–H and O–H groups in total. The molecule has 8 nitrogen and oxygen atoms in total. The molecule has 0 unspecified atom stereocenters. The zero-order chi connectivity index (χ0) is 17.9. The van der Waals surface area contributed by atoms with Gasteiger partial charge in [0.1, 0.15) is 11.3 Å². The van der Waals surface area contributed by atoms with E-state index in [9.17, 15) is 4.79 Å². The summed E-state index contributed by atoms with van der Waals surface area (Å²) in [5.41, 5.74) is 1.45. The maximum Gasteiger partial charge on any atom is 0.409 e. The van der Waals surface area contributed by atoms with Gasteiger partial charge in [0.2, 0.25) is 5.95 Å². The van der Waals surface area contributed by atoms with E-state index in [-0.39, 0.29) is 6.09 Å². The lowest BCUT2D eigenvalue weighted by atomic mass is 10.2. The molecule has 1 aromatic carbocycles. The van der Waals surface area contributed by atoms with Crippen LogP contribution in [0.15, 0.2) is 40.9 Å². The van der Waals surface area contributed by atoms with Gasteiger partial charge in [0.25, 0.3) is 0 Å². The van der Waals surface area contributed by atoms with Crippen LogP contribution in [0.2, 0.25) is 0 Å². The molecular formula is C18H19N5O3. The number of benzene rings is 1. The minimum Gasteiger partial charge on any atom is -0.454 e. The van der Waals surface area contributed by atoms with E-state index in [2.05, 4.69) is 15.2 Å². The summed E-state index contributed by atoms with van der Waals surface area (Å²) in [7, 11) is 0. The van der Waals surface area contributed by atoms with E-state index < -0.39 is 0 Å². The SMILES string of the molecule is CCOC(=O)N1CCN(c2nncc(-c3cc4ccccc4o3)n2)CC1. The van der Waals surface area contributed by atoms with Crippen molar-refractivity contribution in [2.45, 2.75) is 6.92 Å². The van der Waals surface area contributed by atoms with Gasteiger partial charge in [-0.1, -0.05) is 18.2 Å². The normalized spacial score (nSPS) is 14.7. The highest BCUT2D eigenvalue weighted by Crippen LogP contribution is 2.26. The first-order valence-corrected chi connectivity index (χ1v) is 8.60. The Labute approximate surface area is 150 Å². The molecule has 0 atom stereocenters. The van der Waals surface area contributed by atoms with Gasteiger partial charge >= 0.3 is 6.09 Å². The molecule has 1 aliphatic heterocycles. The standard InChI is InChI=1S/C18H19N5O3/c1-2-25-18(24)23-9-7-22(8-10-23)17-20-14(12-19-21-17)16-11-13-5-3-4-6-15(13)26-16/h3-6,11-12H,2,7-10H2,1H3. The number of para-hydroxylation sites is 1. The van der Waals surface area contributed by atoms with Crippen LogP contribution in [-0.2, 0) is 4.74 Å². The van der Waals surface area contributed by atoms with E-state index in [1.54, 1.807) is 18.0 Å². The third-order valence-electron chi connectivity index (χ3n) is 4.31. The van der Waals surface area contributed by atoms with Gasteiger partial charge in [0, 0.05) is 31.6 Å². The highest BCUT2D eigenvalue weighted by atomic mass is 16.6. The zero-order valence-corrected chi connectivity index (χ0v) is 14.5. The minimum atomic E-state index is -0.276. The van der Waals surface area contributed by atoms with Gasteiger partial charge in [-0.3, -0.25) is 0 Å². The second-order valence-electron chi connectivity index (χ2n) is 5.96. The quantitative estimate of drug-likeness (QED) is 0.715. The molecule has 26 heavy (non-hydrogen) atoms. The molecule has 2 aromatic heterocycles. The van der Waals surface area contributed by atoms with Crippen LogP contribution in [0.25, 0.3) is 22.4 Å². The smallest absolute Gasteiger partial charge is 0.409 e. The van der Waals surface area contributed by atoms with Crippen LogP contribution in [-0.4, -0.2) is 59.0 Å². The predicted molar refractivity (Wildman–Crippen MR) is 95.8 cm³/mol. The lowest BCUT2D eigenvalue weighted by Gasteiger charge is -2.33. The fraction of sp³-hybridized carbons (Fsp3) is 0.333. The number of anilines is 1. The number of ether oxygens (including phenoxy) is 1. The van der Waals surface area contributed by atoms with Gasteiger partial charge in [0.15, 0.2) is 5.76 Å². The van der Waals surface area contributed by atoms with Crippen molar-refractivity contribution >= 4 is 23.0 Å². The van der Waals surface area contributed by atoms with Crippen LogP contribution in [0.5, 0.6) is 0 Å². The van der Waals surface area contributed by atoms with Gasteiger partial charge in [-0.25, -0.2) is 9.78 Å². The van der Waals surface area contributed by atoms with E-state index in [1.807, 2.05) is 35.2 Å². The first kappa shape index (κ1) is 16.3. The van der Waals surface area contributed by atoms with Crippen LogP contribution >= 0.6 is 0 Å². The van der Waals surface area contributed by atoms with Crippen molar-refractivity contribution in [3.05, 3.63) is 36.5 Å². The number of rotatable bonds is 3. The molecule has 1 aliphatic rings. The average Bonchev–Trinajstić information content (AvgIpc) is 3.13. The van der Waals surface area contributed by atoms with Gasteiger partial charge in [0.05, 0.1) is 12.8 Å². The largest absolute Gasteiger partial charge is 0.454 e. The van der Waals surface area contributed by atoms with E-state index in [1.165, 1.54) is 0 Å². The second kappa shape index (κ2) is 6.99. The molecule has 1 fully saturated rings. The van der Waals surface area contributed by atoms with Crippen molar-refractivity contribution in [2.75, 3.05) is 37.7 Å². The Balaban J connectivity index is 1.51. The Hall–Kier alpha value is -3.16. The number of hydrogen-bond donors (Lipinski definition) is 0. The van der Waals surface area contributed by atoms with Gasteiger partial charge < -0.3 is 19.0 Å². The summed E-state index contributed by atoms with van der Waals surface area (Å²) in [6.07, 6.45) is 1.32. The summed E-state index contributed by atoms with van der Waals surface area (Å²) < 4.78 is 10.9. The highest BCUT2D eigenvalue weighted by Gasteiger charge is 2.24. The van der Waals surface area contributed by atoms with Crippen LogP contribution in [0.3, 0.4) is 0 Å². The summed E-state index contributed by atoms with van der Waals surface area (Å²) in [5.74, 6) is 1.19. The van der Waals surface area contributed by atoms with E-state index in [0.29, 0.717) is 50.2 Å². The number of aromatic nitrogens is 3. The van der Waals surface area contributed by atoms with Crippen LogP contribution in [0, 0.1) is 0 Å². The van der Waals surface area contributed by atoms with Crippen molar-refractivity contribution in [2.24, 2.45) is 0 Å². The molecule has 0 bridgehead atoms.